The first-order valence-corrected chi connectivity index (χ1v) is 9.26. The molecule has 0 radical (unpaired) electrons. The maximum absolute atomic E-state index is 11.5. The molecule has 1 unspecified atom stereocenters. The van der Waals surface area contributed by atoms with E-state index in [2.05, 4.69) is 16.0 Å². The lowest BCUT2D eigenvalue weighted by Crippen LogP contribution is -2.44. The van der Waals surface area contributed by atoms with Crippen LogP contribution in [-0.4, -0.2) is 70.4 Å². The highest BCUT2D eigenvalue weighted by atomic mass is 32.2. The van der Waals surface area contributed by atoms with Crippen LogP contribution in [0.3, 0.4) is 0 Å². The van der Waals surface area contributed by atoms with Crippen molar-refractivity contribution in [1.29, 1.82) is 5.41 Å². The minimum absolute atomic E-state index is 0.231. The summed E-state index contributed by atoms with van der Waals surface area (Å²) < 4.78 is 29.7. The van der Waals surface area contributed by atoms with E-state index in [1.807, 2.05) is 19.2 Å². The summed E-state index contributed by atoms with van der Waals surface area (Å²) in [6, 6.07) is 0.331. The Labute approximate surface area is 132 Å². The SMILES string of the molecule is CCN(CCNC(/C=C/N[C@@H]1CCOC1)NC=N)S(C)(=O)=O. The summed E-state index contributed by atoms with van der Waals surface area (Å²) in [6.07, 6.45) is 6.76. The zero-order chi connectivity index (χ0) is 16.4. The van der Waals surface area contributed by atoms with Crippen LogP contribution in [0.2, 0.25) is 0 Å². The lowest BCUT2D eigenvalue weighted by molar-refractivity contribution is 0.191. The van der Waals surface area contributed by atoms with E-state index in [0.29, 0.717) is 32.3 Å². The van der Waals surface area contributed by atoms with E-state index in [9.17, 15) is 8.42 Å². The highest BCUT2D eigenvalue weighted by Crippen LogP contribution is 2.02. The van der Waals surface area contributed by atoms with Crippen molar-refractivity contribution in [2.45, 2.75) is 25.6 Å². The number of sulfonamides is 1. The summed E-state index contributed by atoms with van der Waals surface area (Å²) in [5, 5.41) is 16.4. The molecule has 1 fully saturated rings. The van der Waals surface area contributed by atoms with Gasteiger partial charge in [0, 0.05) is 26.2 Å². The third kappa shape index (κ3) is 7.21. The van der Waals surface area contributed by atoms with E-state index in [-0.39, 0.29) is 6.17 Å². The minimum Gasteiger partial charge on any atom is -0.386 e. The van der Waals surface area contributed by atoms with Crippen LogP contribution in [-0.2, 0) is 14.8 Å². The second-order valence-electron chi connectivity index (χ2n) is 5.08. The fourth-order valence-corrected chi connectivity index (χ4v) is 3.02. The maximum atomic E-state index is 11.5. The van der Waals surface area contributed by atoms with Gasteiger partial charge >= 0.3 is 0 Å². The lowest BCUT2D eigenvalue weighted by atomic mass is 10.3. The smallest absolute Gasteiger partial charge is 0.211 e. The van der Waals surface area contributed by atoms with Crippen LogP contribution in [0.5, 0.6) is 0 Å². The molecular formula is C13H27N5O3S. The molecule has 1 aliphatic heterocycles. The summed E-state index contributed by atoms with van der Waals surface area (Å²) in [4.78, 5) is 0. The van der Waals surface area contributed by atoms with Crippen LogP contribution in [0.1, 0.15) is 13.3 Å². The van der Waals surface area contributed by atoms with Crippen LogP contribution < -0.4 is 16.0 Å². The molecule has 2 atom stereocenters. The highest BCUT2D eigenvalue weighted by Gasteiger charge is 2.14. The van der Waals surface area contributed by atoms with Gasteiger partial charge in [-0.3, -0.25) is 10.7 Å². The van der Waals surface area contributed by atoms with Gasteiger partial charge in [0.2, 0.25) is 10.0 Å². The number of hydrogen-bond donors (Lipinski definition) is 4. The normalized spacial score (nSPS) is 20.4. The van der Waals surface area contributed by atoms with Crippen LogP contribution in [0.25, 0.3) is 0 Å². The number of likely N-dealkylation sites (N-methyl/N-ethyl adjacent to an activating group) is 1. The number of rotatable bonds is 11. The van der Waals surface area contributed by atoms with Crippen molar-refractivity contribution >= 4 is 16.4 Å². The first-order chi connectivity index (χ1) is 10.5. The molecule has 0 amide bonds. The van der Waals surface area contributed by atoms with Crippen molar-refractivity contribution in [1.82, 2.24) is 20.3 Å². The molecule has 0 aromatic rings. The molecule has 0 spiro atoms. The highest BCUT2D eigenvalue weighted by molar-refractivity contribution is 7.88. The van der Waals surface area contributed by atoms with Crippen LogP contribution >= 0.6 is 0 Å². The maximum Gasteiger partial charge on any atom is 0.211 e. The predicted molar refractivity (Wildman–Crippen MR) is 87.3 cm³/mol. The van der Waals surface area contributed by atoms with E-state index in [0.717, 1.165) is 19.4 Å². The van der Waals surface area contributed by atoms with Gasteiger partial charge in [0.1, 0.15) is 0 Å². The summed E-state index contributed by atoms with van der Waals surface area (Å²) in [7, 11) is -3.17. The molecule has 1 saturated heterocycles. The minimum atomic E-state index is -3.17. The topological polar surface area (TPSA) is 107 Å². The average Bonchev–Trinajstić information content (AvgIpc) is 2.95. The van der Waals surface area contributed by atoms with Crippen LogP contribution in [0.4, 0.5) is 0 Å². The predicted octanol–water partition coefficient (Wildman–Crippen LogP) is -0.728. The molecule has 22 heavy (non-hydrogen) atoms. The molecule has 0 saturated carbocycles. The van der Waals surface area contributed by atoms with E-state index in [1.54, 1.807) is 0 Å². The Balaban J connectivity index is 2.36. The molecule has 0 aromatic heterocycles. The van der Waals surface area contributed by atoms with Gasteiger partial charge in [-0.1, -0.05) is 6.92 Å². The Morgan fingerprint density at radius 2 is 2.27 bits per heavy atom. The summed E-state index contributed by atoms with van der Waals surface area (Å²) in [6.45, 7) is 4.63. The van der Waals surface area contributed by atoms with Crippen LogP contribution in [0.15, 0.2) is 12.3 Å². The van der Waals surface area contributed by atoms with Gasteiger partial charge in [0.05, 0.1) is 31.4 Å². The fourth-order valence-electron chi connectivity index (χ4n) is 2.13. The largest absolute Gasteiger partial charge is 0.386 e. The number of nitrogens with one attached hydrogen (secondary N) is 4. The molecule has 1 heterocycles. The Morgan fingerprint density at radius 3 is 2.82 bits per heavy atom. The van der Waals surface area contributed by atoms with Crippen molar-refractivity contribution in [3.8, 4) is 0 Å². The van der Waals surface area contributed by atoms with E-state index < -0.39 is 10.0 Å². The molecule has 0 bridgehead atoms. The summed E-state index contributed by atoms with van der Waals surface area (Å²) in [5.74, 6) is 0. The zero-order valence-corrected chi connectivity index (χ0v) is 14.0. The fraction of sp³-hybridized carbons (Fsp3) is 0.769. The van der Waals surface area contributed by atoms with Crippen molar-refractivity contribution in [3.05, 3.63) is 12.3 Å². The Hall–Kier alpha value is -1.16. The second kappa shape index (κ2) is 9.78. The average molecular weight is 333 g/mol. The number of nitrogens with zero attached hydrogens (tertiary/aromatic N) is 1. The first kappa shape index (κ1) is 18.9. The van der Waals surface area contributed by atoms with Gasteiger partial charge in [-0.2, -0.15) is 0 Å². The third-order valence-corrected chi connectivity index (χ3v) is 4.74. The standard InChI is InChI=1S/C13H27N5O3S/c1-3-18(22(2,19)20)8-7-16-13(17-11-14)4-6-15-12-5-9-21-10-12/h4,6,11-13,15-16H,3,5,7-10H2,1-2H3,(H2,14,17)/b6-4+/t12-,13?/m1/s1. The van der Waals surface area contributed by atoms with Gasteiger partial charge in [0.25, 0.3) is 0 Å². The van der Waals surface area contributed by atoms with E-state index in [4.69, 9.17) is 10.1 Å². The first-order valence-electron chi connectivity index (χ1n) is 7.41. The Morgan fingerprint density at radius 1 is 1.50 bits per heavy atom. The Kier molecular flexibility index (Phi) is 8.39. The summed E-state index contributed by atoms with van der Waals surface area (Å²) in [5.41, 5.74) is 0. The van der Waals surface area contributed by atoms with Gasteiger partial charge in [-0.15, -0.1) is 0 Å². The molecule has 8 nitrogen and oxygen atoms in total. The van der Waals surface area contributed by atoms with Crippen molar-refractivity contribution in [2.24, 2.45) is 0 Å². The van der Waals surface area contributed by atoms with Gasteiger partial charge < -0.3 is 15.4 Å². The molecule has 1 rings (SSSR count). The van der Waals surface area contributed by atoms with Crippen molar-refractivity contribution in [3.63, 3.8) is 0 Å². The lowest BCUT2D eigenvalue weighted by Gasteiger charge is -2.20. The summed E-state index contributed by atoms with van der Waals surface area (Å²) >= 11 is 0. The Bertz CT molecular complexity index is 449. The molecule has 0 aliphatic carbocycles. The van der Waals surface area contributed by atoms with Gasteiger partial charge in [0.15, 0.2) is 0 Å². The number of hydrogen-bond acceptors (Lipinski definition) is 6. The second-order valence-corrected chi connectivity index (χ2v) is 7.07. The van der Waals surface area contributed by atoms with Crippen molar-refractivity contribution in [2.75, 3.05) is 39.1 Å². The van der Waals surface area contributed by atoms with E-state index >= 15 is 0 Å². The monoisotopic (exact) mass is 333 g/mol. The van der Waals surface area contributed by atoms with Gasteiger partial charge in [-0.25, -0.2) is 12.7 Å². The molecule has 128 valence electrons. The molecular weight excluding hydrogens is 306 g/mol. The molecule has 1 aliphatic rings. The van der Waals surface area contributed by atoms with Crippen molar-refractivity contribution < 1.29 is 13.2 Å². The van der Waals surface area contributed by atoms with Gasteiger partial charge in [-0.05, 0) is 18.7 Å². The molecule has 9 heteroatoms. The quantitative estimate of drug-likeness (QED) is 0.226. The van der Waals surface area contributed by atoms with E-state index in [1.165, 1.54) is 10.6 Å². The molecule has 0 aromatic carbocycles. The van der Waals surface area contributed by atoms with Crippen LogP contribution in [0, 0.1) is 5.41 Å². The third-order valence-electron chi connectivity index (χ3n) is 3.36. The zero-order valence-electron chi connectivity index (χ0n) is 13.2. The molecule has 4 N–H and O–H groups in total. The number of ether oxygens (including phenoxy) is 1.